The summed E-state index contributed by atoms with van der Waals surface area (Å²) in [5.74, 6) is 0.0840. The number of carbonyl (C=O) groups excluding carboxylic acids is 1. The zero-order valence-corrected chi connectivity index (χ0v) is 10.5. The molecule has 3 N–H and O–H groups in total. The van der Waals surface area contributed by atoms with E-state index in [1.165, 1.54) is 0 Å². The van der Waals surface area contributed by atoms with Crippen LogP contribution in [0.2, 0.25) is 0 Å². The van der Waals surface area contributed by atoms with Crippen molar-refractivity contribution in [3.8, 4) is 0 Å². The van der Waals surface area contributed by atoms with Gasteiger partial charge in [0.25, 0.3) is 5.91 Å². The highest BCUT2D eigenvalue weighted by molar-refractivity contribution is 6.01. The van der Waals surface area contributed by atoms with Gasteiger partial charge in [0.1, 0.15) is 5.69 Å². The molecule has 1 amide bonds. The molecule has 4 nitrogen and oxygen atoms in total. The highest BCUT2D eigenvalue weighted by atomic mass is 16.2. The maximum atomic E-state index is 12.3. The number of fused-ring (bicyclic) bond motifs is 1. The number of rotatable bonds is 1. The Bertz CT molecular complexity index is 609. The highest BCUT2D eigenvalue weighted by Crippen LogP contribution is 2.24. The minimum absolute atomic E-state index is 0.0840. The number of benzene rings is 1. The number of aryl methyl sites for hydroxylation is 1. The molecule has 1 aliphatic heterocycles. The summed E-state index contributed by atoms with van der Waals surface area (Å²) >= 11 is 0. The van der Waals surface area contributed by atoms with Crippen LogP contribution in [0, 0.1) is 6.92 Å². The van der Waals surface area contributed by atoms with Gasteiger partial charge in [0.2, 0.25) is 0 Å². The number of nitrogens with one attached hydrogen (secondary N) is 1. The van der Waals surface area contributed by atoms with Crippen LogP contribution in [-0.4, -0.2) is 28.9 Å². The third-order valence-electron chi connectivity index (χ3n) is 3.53. The Morgan fingerprint density at radius 3 is 2.72 bits per heavy atom. The Balaban J connectivity index is 2.02. The van der Waals surface area contributed by atoms with Crippen LogP contribution < -0.4 is 5.73 Å². The van der Waals surface area contributed by atoms with Crippen LogP contribution in [0.25, 0.3) is 10.9 Å². The van der Waals surface area contributed by atoms with Crippen molar-refractivity contribution in [3.63, 3.8) is 0 Å². The molecule has 1 fully saturated rings. The van der Waals surface area contributed by atoms with Gasteiger partial charge in [0, 0.05) is 18.5 Å². The molecular weight excluding hydrogens is 226 g/mol. The lowest BCUT2D eigenvalue weighted by atomic mass is 10.1. The number of H-pyrrole nitrogens is 1. The topological polar surface area (TPSA) is 62.1 Å². The molecule has 0 bridgehead atoms. The number of hydrogen-bond acceptors (Lipinski definition) is 2. The standard InChI is InChI=1S/C14H17N3O/c1-9-6-10-8-12(16-13(10)11(15)7-9)14(18)17-4-2-3-5-17/h6-8,16H,2-5,15H2,1H3. The summed E-state index contributed by atoms with van der Waals surface area (Å²) in [5, 5.41) is 1.01. The van der Waals surface area contributed by atoms with Crippen molar-refractivity contribution in [2.45, 2.75) is 19.8 Å². The number of nitrogens with zero attached hydrogens (tertiary/aromatic N) is 1. The first-order valence-corrected chi connectivity index (χ1v) is 6.33. The molecule has 4 heteroatoms. The lowest BCUT2D eigenvalue weighted by Gasteiger charge is -2.13. The molecule has 0 saturated carbocycles. The molecule has 1 aromatic carbocycles. The lowest BCUT2D eigenvalue weighted by molar-refractivity contribution is 0.0788. The molecule has 18 heavy (non-hydrogen) atoms. The lowest BCUT2D eigenvalue weighted by Crippen LogP contribution is -2.27. The van der Waals surface area contributed by atoms with Crippen molar-refractivity contribution in [2.75, 3.05) is 18.8 Å². The second-order valence-electron chi connectivity index (χ2n) is 5.00. The minimum Gasteiger partial charge on any atom is -0.397 e. The van der Waals surface area contributed by atoms with E-state index in [9.17, 15) is 4.79 Å². The predicted octanol–water partition coefficient (Wildman–Crippen LogP) is 2.29. The fourth-order valence-corrected chi connectivity index (χ4v) is 2.63. The Kier molecular flexibility index (Phi) is 2.51. The van der Waals surface area contributed by atoms with E-state index >= 15 is 0 Å². The average Bonchev–Trinajstić information content (AvgIpc) is 2.96. The molecule has 2 heterocycles. The summed E-state index contributed by atoms with van der Waals surface area (Å²) in [7, 11) is 0. The largest absolute Gasteiger partial charge is 0.397 e. The normalized spacial score (nSPS) is 15.5. The number of carbonyl (C=O) groups is 1. The summed E-state index contributed by atoms with van der Waals surface area (Å²) in [5.41, 5.74) is 9.28. The van der Waals surface area contributed by atoms with Gasteiger partial charge in [-0.3, -0.25) is 4.79 Å². The molecule has 3 rings (SSSR count). The van der Waals surface area contributed by atoms with Crippen molar-refractivity contribution < 1.29 is 4.79 Å². The van der Waals surface area contributed by atoms with E-state index < -0.39 is 0 Å². The molecule has 0 atom stereocenters. The van der Waals surface area contributed by atoms with Crippen molar-refractivity contribution in [2.24, 2.45) is 0 Å². The fraction of sp³-hybridized carbons (Fsp3) is 0.357. The Hall–Kier alpha value is -1.97. The van der Waals surface area contributed by atoms with Gasteiger partial charge in [-0.2, -0.15) is 0 Å². The van der Waals surface area contributed by atoms with E-state index in [-0.39, 0.29) is 5.91 Å². The number of likely N-dealkylation sites (tertiary alicyclic amines) is 1. The summed E-state index contributed by atoms with van der Waals surface area (Å²) in [6.45, 7) is 3.73. The first-order valence-electron chi connectivity index (χ1n) is 6.33. The SMILES string of the molecule is Cc1cc(N)c2[nH]c(C(=O)N3CCCC3)cc2c1. The number of hydrogen-bond donors (Lipinski definition) is 2. The third-order valence-corrected chi connectivity index (χ3v) is 3.53. The van der Waals surface area contributed by atoms with Crippen LogP contribution in [0.5, 0.6) is 0 Å². The van der Waals surface area contributed by atoms with Crippen molar-refractivity contribution in [1.82, 2.24) is 9.88 Å². The van der Waals surface area contributed by atoms with Crippen LogP contribution in [0.4, 0.5) is 5.69 Å². The van der Waals surface area contributed by atoms with Crippen LogP contribution in [0.15, 0.2) is 18.2 Å². The smallest absolute Gasteiger partial charge is 0.270 e. The second kappa shape index (κ2) is 4.05. The van der Waals surface area contributed by atoms with E-state index in [0.717, 1.165) is 42.4 Å². The molecule has 0 spiro atoms. The molecule has 2 aromatic rings. The molecule has 1 saturated heterocycles. The maximum Gasteiger partial charge on any atom is 0.270 e. The minimum atomic E-state index is 0.0840. The fourth-order valence-electron chi connectivity index (χ4n) is 2.63. The number of nitrogens with two attached hydrogens (primary N) is 1. The van der Waals surface area contributed by atoms with E-state index in [1.807, 2.05) is 30.0 Å². The van der Waals surface area contributed by atoms with Crippen LogP contribution in [-0.2, 0) is 0 Å². The Morgan fingerprint density at radius 2 is 2.00 bits per heavy atom. The molecule has 94 valence electrons. The molecule has 0 radical (unpaired) electrons. The number of anilines is 1. The van der Waals surface area contributed by atoms with Crippen molar-refractivity contribution in [3.05, 3.63) is 29.5 Å². The maximum absolute atomic E-state index is 12.3. The van der Waals surface area contributed by atoms with E-state index in [1.54, 1.807) is 0 Å². The monoisotopic (exact) mass is 243 g/mol. The van der Waals surface area contributed by atoms with Crippen molar-refractivity contribution in [1.29, 1.82) is 0 Å². The van der Waals surface area contributed by atoms with Crippen LogP contribution in [0.1, 0.15) is 28.9 Å². The number of nitrogen functional groups attached to an aromatic ring is 1. The first kappa shape index (κ1) is 11.1. The van der Waals surface area contributed by atoms with E-state index in [4.69, 9.17) is 5.73 Å². The summed E-state index contributed by atoms with van der Waals surface area (Å²) in [4.78, 5) is 17.3. The van der Waals surface area contributed by atoms with Gasteiger partial charge in [-0.05, 0) is 43.5 Å². The number of amides is 1. The van der Waals surface area contributed by atoms with Gasteiger partial charge in [0.15, 0.2) is 0 Å². The average molecular weight is 243 g/mol. The van der Waals surface area contributed by atoms with Gasteiger partial charge in [-0.15, -0.1) is 0 Å². The van der Waals surface area contributed by atoms with Gasteiger partial charge in [-0.25, -0.2) is 0 Å². The van der Waals surface area contributed by atoms with Gasteiger partial charge >= 0.3 is 0 Å². The Labute approximate surface area is 106 Å². The zero-order valence-electron chi connectivity index (χ0n) is 10.5. The molecule has 0 unspecified atom stereocenters. The third kappa shape index (κ3) is 1.74. The zero-order chi connectivity index (χ0) is 12.7. The predicted molar refractivity (Wildman–Crippen MR) is 72.6 cm³/mol. The van der Waals surface area contributed by atoms with E-state index in [2.05, 4.69) is 4.98 Å². The summed E-state index contributed by atoms with van der Waals surface area (Å²) in [6.07, 6.45) is 2.21. The van der Waals surface area contributed by atoms with E-state index in [0.29, 0.717) is 11.4 Å². The van der Waals surface area contributed by atoms with Gasteiger partial charge < -0.3 is 15.6 Å². The summed E-state index contributed by atoms with van der Waals surface area (Å²) < 4.78 is 0. The van der Waals surface area contributed by atoms with Gasteiger partial charge in [-0.1, -0.05) is 0 Å². The first-order chi connectivity index (χ1) is 8.65. The molecule has 1 aliphatic rings. The molecule has 0 aliphatic carbocycles. The summed E-state index contributed by atoms with van der Waals surface area (Å²) in [6, 6.07) is 5.87. The number of aromatic nitrogens is 1. The molecule has 1 aromatic heterocycles. The van der Waals surface area contributed by atoms with Gasteiger partial charge in [0.05, 0.1) is 11.2 Å². The second-order valence-corrected chi connectivity index (χ2v) is 5.00. The Morgan fingerprint density at radius 1 is 1.28 bits per heavy atom. The van der Waals surface area contributed by atoms with Crippen LogP contribution in [0.3, 0.4) is 0 Å². The van der Waals surface area contributed by atoms with Crippen molar-refractivity contribution >= 4 is 22.5 Å². The highest BCUT2D eigenvalue weighted by Gasteiger charge is 2.21. The number of aromatic amines is 1. The quantitative estimate of drug-likeness (QED) is 0.755. The van der Waals surface area contributed by atoms with Crippen LogP contribution >= 0.6 is 0 Å². The molecular formula is C14H17N3O.